The zero-order valence-corrected chi connectivity index (χ0v) is 11.0. The van der Waals surface area contributed by atoms with Crippen molar-refractivity contribution in [1.29, 1.82) is 5.26 Å². The van der Waals surface area contributed by atoms with Gasteiger partial charge in [0, 0.05) is 6.54 Å². The minimum absolute atomic E-state index is 0.328. The largest absolute Gasteiger partial charge is 0.379 e. The van der Waals surface area contributed by atoms with Crippen LogP contribution < -0.4 is 5.32 Å². The molecule has 3 heteroatoms. The fraction of sp³-hybridized carbons (Fsp3) is 0.188. The number of hydrogen-bond donors (Lipinski definition) is 1. The number of halogens is 1. The van der Waals surface area contributed by atoms with E-state index in [1.807, 2.05) is 19.9 Å². The van der Waals surface area contributed by atoms with Crippen molar-refractivity contribution in [2.75, 3.05) is 5.32 Å². The number of aryl methyl sites for hydroxylation is 2. The Kier molecular flexibility index (Phi) is 3.82. The standard InChI is InChI=1S/C16H15FN2/c1-11-5-12(2)7-14(6-11)10-19-16-4-3-13(9-18)8-15(16)17/h3-8,19H,10H2,1-2H3. The Morgan fingerprint density at radius 3 is 2.37 bits per heavy atom. The minimum atomic E-state index is -0.400. The van der Waals surface area contributed by atoms with Gasteiger partial charge >= 0.3 is 0 Å². The highest BCUT2D eigenvalue weighted by Crippen LogP contribution is 2.17. The van der Waals surface area contributed by atoms with Crippen molar-refractivity contribution in [3.63, 3.8) is 0 Å². The van der Waals surface area contributed by atoms with Gasteiger partial charge in [-0.15, -0.1) is 0 Å². The third kappa shape index (κ3) is 3.32. The molecule has 0 heterocycles. The van der Waals surface area contributed by atoms with Crippen LogP contribution in [0.4, 0.5) is 10.1 Å². The summed E-state index contributed by atoms with van der Waals surface area (Å²) >= 11 is 0. The zero-order valence-electron chi connectivity index (χ0n) is 11.0. The number of nitriles is 1. The summed E-state index contributed by atoms with van der Waals surface area (Å²) in [4.78, 5) is 0. The van der Waals surface area contributed by atoms with E-state index in [4.69, 9.17) is 5.26 Å². The molecule has 0 aliphatic heterocycles. The summed E-state index contributed by atoms with van der Waals surface area (Å²) < 4.78 is 13.7. The molecule has 2 aromatic rings. The minimum Gasteiger partial charge on any atom is -0.379 e. The van der Waals surface area contributed by atoms with E-state index >= 15 is 0 Å². The van der Waals surface area contributed by atoms with E-state index in [0.29, 0.717) is 17.8 Å². The summed E-state index contributed by atoms with van der Waals surface area (Å²) in [7, 11) is 0. The van der Waals surface area contributed by atoms with Crippen LogP contribution in [0, 0.1) is 31.0 Å². The molecule has 96 valence electrons. The molecule has 0 atom stereocenters. The lowest BCUT2D eigenvalue weighted by Crippen LogP contribution is -2.02. The number of nitrogens with one attached hydrogen (secondary N) is 1. The van der Waals surface area contributed by atoms with Crippen molar-refractivity contribution < 1.29 is 4.39 Å². The Balaban J connectivity index is 2.12. The first-order chi connectivity index (χ1) is 9.08. The Labute approximate surface area is 112 Å². The van der Waals surface area contributed by atoms with Crippen LogP contribution in [0.2, 0.25) is 0 Å². The first-order valence-electron chi connectivity index (χ1n) is 6.09. The third-order valence-corrected chi connectivity index (χ3v) is 2.86. The third-order valence-electron chi connectivity index (χ3n) is 2.86. The lowest BCUT2D eigenvalue weighted by Gasteiger charge is -2.09. The molecule has 0 fully saturated rings. The van der Waals surface area contributed by atoms with Crippen LogP contribution in [-0.2, 0) is 6.54 Å². The molecule has 0 bridgehead atoms. The number of benzene rings is 2. The fourth-order valence-electron chi connectivity index (χ4n) is 2.10. The van der Waals surface area contributed by atoms with Crippen LogP contribution in [0.25, 0.3) is 0 Å². The van der Waals surface area contributed by atoms with Gasteiger partial charge in [0.1, 0.15) is 5.82 Å². The van der Waals surface area contributed by atoms with Crippen molar-refractivity contribution in [2.45, 2.75) is 20.4 Å². The SMILES string of the molecule is Cc1cc(C)cc(CNc2ccc(C#N)cc2F)c1. The predicted octanol–water partition coefficient (Wildman–Crippen LogP) is 3.93. The lowest BCUT2D eigenvalue weighted by atomic mass is 10.1. The first kappa shape index (κ1) is 13.1. The second-order valence-corrected chi connectivity index (χ2v) is 4.66. The van der Waals surface area contributed by atoms with E-state index in [2.05, 4.69) is 23.5 Å². The normalized spacial score (nSPS) is 10.0. The van der Waals surface area contributed by atoms with E-state index in [-0.39, 0.29) is 0 Å². The van der Waals surface area contributed by atoms with Crippen LogP contribution in [0.3, 0.4) is 0 Å². The smallest absolute Gasteiger partial charge is 0.147 e. The van der Waals surface area contributed by atoms with Gasteiger partial charge in [0.25, 0.3) is 0 Å². The molecule has 2 rings (SSSR count). The van der Waals surface area contributed by atoms with Crippen LogP contribution in [0.15, 0.2) is 36.4 Å². The summed E-state index contributed by atoms with van der Waals surface area (Å²) in [6.45, 7) is 4.64. The molecular formula is C16H15FN2. The highest BCUT2D eigenvalue weighted by molar-refractivity contribution is 5.49. The highest BCUT2D eigenvalue weighted by atomic mass is 19.1. The molecule has 0 radical (unpaired) electrons. The quantitative estimate of drug-likeness (QED) is 0.900. The second kappa shape index (κ2) is 5.53. The molecule has 1 N–H and O–H groups in total. The first-order valence-corrected chi connectivity index (χ1v) is 6.09. The highest BCUT2D eigenvalue weighted by Gasteiger charge is 2.03. The number of anilines is 1. The summed E-state index contributed by atoms with van der Waals surface area (Å²) in [6, 6.07) is 12.6. The molecule has 0 aliphatic rings. The van der Waals surface area contributed by atoms with E-state index in [1.165, 1.54) is 17.2 Å². The summed E-state index contributed by atoms with van der Waals surface area (Å²) in [5.74, 6) is -0.400. The van der Waals surface area contributed by atoms with Crippen molar-refractivity contribution in [3.8, 4) is 6.07 Å². The number of rotatable bonds is 3. The van der Waals surface area contributed by atoms with Gasteiger partial charge in [0.05, 0.1) is 17.3 Å². The van der Waals surface area contributed by atoms with E-state index in [0.717, 1.165) is 5.56 Å². The van der Waals surface area contributed by atoms with Gasteiger partial charge in [0.15, 0.2) is 0 Å². The molecule has 0 saturated heterocycles. The van der Waals surface area contributed by atoms with Crippen molar-refractivity contribution in [3.05, 3.63) is 64.5 Å². The monoisotopic (exact) mass is 254 g/mol. The van der Waals surface area contributed by atoms with Crippen molar-refractivity contribution in [1.82, 2.24) is 0 Å². The Bertz CT molecular complexity index is 621. The van der Waals surface area contributed by atoms with E-state index < -0.39 is 5.82 Å². The molecule has 0 aliphatic carbocycles. The lowest BCUT2D eigenvalue weighted by molar-refractivity contribution is 0.629. The summed E-state index contributed by atoms with van der Waals surface area (Å²) in [5, 5.41) is 11.7. The molecule has 2 nitrogen and oxygen atoms in total. The molecule has 19 heavy (non-hydrogen) atoms. The van der Waals surface area contributed by atoms with Gasteiger partial charge in [-0.3, -0.25) is 0 Å². The summed E-state index contributed by atoms with van der Waals surface area (Å²) in [5.41, 5.74) is 4.24. The van der Waals surface area contributed by atoms with E-state index in [1.54, 1.807) is 12.1 Å². The average molecular weight is 254 g/mol. The number of nitrogens with zero attached hydrogens (tertiary/aromatic N) is 1. The summed E-state index contributed by atoms with van der Waals surface area (Å²) in [6.07, 6.45) is 0. The average Bonchev–Trinajstić information content (AvgIpc) is 2.36. The molecule has 0 saturated carbocycles. The van der Waals surface area contributed by atoms with Gasteiger partial charge in [-0.25, -0.2) is 4.39 Å². The Morgan fingerprint density at radius 1 is 1.11 bits per heavy atom. The predicted molar refractivity (Wildman–Crippen MR) is 74.4 cm³/mol. The Morgan fingerprint density at radius 2 is 1.79 bits per heavy atom. The van der Waals surface area contributed by atoms with E-state index in [9.17, 15) is 4.39 Å². The maximum Gasteiger partial charge on any atom is 0.147 e. The molecule has 2 aromatic carbocycles. The molecular weight excluding hydrogens is 239 g/mol. The molecule has 0 unspecified atom stereocenters. The van der Waals surface area contributed by atoms with Crippen molar-refractivity contribution in [2.24, 2.45) is 0 Å². The second-order valence-electron chi connectivity index (χ2n) is 4.66. The van der Waals surface area contributed by atoms with Gasteiger partial charge < -0.3 is 5.32 Å². The van der Waals surface area contributed by atoms with Gasteiger partial charge in [-0.05, 0) is 37.6 Å². The van der Waals surface area contributed by atoms with Crippen LogP contribution in [-0.4, -0.2) is 0 Å². The molecule has 0 spiro atoms. The van der Waals surface area contributed by atoms with Gasteiger partial charge in [-0.2, -0.15) is 5.26 Å². The number of hydrogen-bond acceptors (Lipinski definition) is 2. The van der Waals surface area contributed by atoms with Crippen LogP contribution in [0.1, 0.15) is 22.3 Å². The maximum atomic E-state index is 13.7. The fourth-order valence-corrected chi connectivity index (χ4v) is 2.10. The topological polar surface area (TPSA) is 35.8 Å². The van der Waals surface area contributed by atoms with Gasteiger partial charge in [0.2, 0.25) is 0 Å². The molecule has 0 aromatic heterocycles. The maximum absolute atomic E-state index is 13.7. The van der Waals surface area contributed by atoms with Crippen LogP contribution >= 0.6 is 0 Å². The Hall–Kier alpha value is -2.34. The zero-order chi connectivity index (χ0) is 13.8. The van der Waals surface area contributed by atoms with Crippen molar-refractivity contribution >= 4 is 5.69 Å². The van der Waals surface area contributed by atoms with Crippen LogP contribution in [0.5, 0.6) is 0 Å². The molecule has 0 amide bonds. The van der Waals surface area contributed by atoms with Gasteiger partial charge in [-0.1, -0.05) is 29.3 Å².